The van der Waals surface area contributed by atoms with Gasteiger partial charge < -0.3 is 15.0 Å². The molecule has 2 heterocycles. The Labute approximate surface area is 218 Å². The van der Waals surface area contributed by atoms with Crippen molar-refractivity contribution in [3.63, 3.8) is 0 Å². The van der Waals surface area contributed by atoms with Crippen molar-refractivity contribution in [2.24, 2.45) is 0 Å². The van der Waals surface area contributed by atoms with Gasteiger partial charge in [-0.15, -0.1) is 0 Å². The molecule has 1 aliphatic rings. The highest BCUT2D eigenvalue weighted by Crippen LogP contribution is 2.19. The second kappa shape index (κ2) is 14.4. The molecule has 0 aliphatic carbocycles. The van der Waals surface area contributed by atoms with E-state index in [1.54, 1.807) is 30.5 Å². The molecule has 1 N–H and O–H groups in total. The van der Waals surface area contributed by atoms with E-state index in [1.165, 1.54) is 24.3 Å². The Hall–Kier alpha value is -3.36. The molecule has 0 saturated carbocycles. The number of rotatable bonds is 9. The number of likely N-dealkylation sites (N-methyl/N-ethyl adjacent to an activating group) is 1. The third-order valence-electron chi connectivity index (χ3n) is 6.04. The maximum atomic E-state index is 14.1. The fraction of sp³-hybridized carbons (Fsp3) is 0.379. The minimum atomic E-state index is -0.399. The predicted molar refractivity (Wildman–Crippen MR) is 142 cm³/mol. The number of pyridine rings is 1. The third-order valence-corrected chi connectivity index (χ3v) is 6.04. The number of aromatic nitrogens is 1. The number of ether oxygens (including phenoxy) is 1. The molecule has 2 aromatic carbocycles. The Bertz CT molecular complexity index is 1120. The number of hydrogen-bond acceptors (Lipinski definition) is 5. The van der Waals surface area contributed by atoms with Crippen molar-refractivity contribution in [3.8, 4) is 16.9 Å². The number of nitrogens with one attached hydrogen (secondary N) is 1. The van der Waals surface area contributed by atoms with Crippen LogP contribution in [-0.2, 0) is 17.8 Å². The molecule has 0 atom stereocenters. The molecule has 1 saturated heterocycles. The van der Waals surface area contributed by atoms with Gasteiger partial charge in [0.1, 0.15) is 24.0 Å². The standard InChI is InChI=1S/C27H30F2N4O2.C2H6/c1-32-8-10-33(11-9-32)12-13-35-26-15-20(14-24(29)16-26)18-31-27(34)17-25-7-4-22(19-30-25)21-2-5-23(28)6-3-21;1-2/h2-7,14-16,19H,8-13,17-18H2,1H3,(H,31,34);1-2H3. The second-order valence-corrected chi connectivity index (χ2v) is 8.79. The van der Waals surface area contributed by atoms with Crippen molar-refractivity contribution in [2.45, 2.75) is 26.8 Å². The Morgan fingerprint density at radius 3 is 2.32 bits per heavy atom. The summed E-state index contributed by atoms with van der Waals surface area (Å²) in [7, 11) is 2.11. The van der Waals surface area contributed by atoms with Crippen LogP contribution >= 0.6 is 0 Å². The summed E-state index contributed by atoms with van der Waals surface area (Å²) in [4.78, 5) is 21.4. The van der Waals surface area contributed by atoms with Gasteiger partial charge in [0.25, 0.3) is 0 Å². The van der Waals surface area contributed by atoms with Crippen LogP contribution in [0.1, 0.15) is 25.1 Å². The molecule has 6 nitrogen and oxygen atoms in total. The average Bonchev–Trinajstić information content (AvgIpc) is 2.91. The first-order valence-corrected chi connectivity index (χ1v) is 12.8. The topological polar surface area (TPSA) is 57.7 Å². The minimum absolute atomic E-state index is 0.105. The molecule has 0 spiro atoms. The quantitative estimate of drug-likeness (QED) is 0.458. The van der Waals surface area contributed by atoms with E-state index in [-0.39, 0.29) is 24.7 Å². The fourth-order valence-corrected chi connectivity index (χ4v) is 3.94. The molecule has 4 rings (SSSR count). The fourth-order valence-electron chi connectivity index (χ4n) is 3.94. The molecule has 8 heteroatoms. The van der Waals surface area contributed by atoms with Crippen LogP contribution in [-0.4, -0.2) is 67.1 Å². The molecule has 1 amide bonds. The number of benzene rings is 2. The van der Waals surface area contributed by atoms with Crippen LogP contribution in [0.3, 0.4) is 0 Å². The smallest absolute Gasteiger partial charge is 0.226 e. The van der Waals surface area contributed by atoms with Gasteiger partial charge in [-0.05, 0) is 48.5 Å². The van der Waals surface area contributed by atoms with Crippen LogP contribution in [0.4, 0.5) is 8.78 Å². The van der Waals surface area contributed by atoms with Gasteiger partial charge in [-0.25, -0.2) is 8.78 Å². The van der Waals surface area contributed by atoms with E-state index < -0.39 is 5.82 Å². The number of amides is 1. The summed E-state index contributed by atoms with van der Waals surface area (Å²) in [5.74, 6) is -0.447. The highest BCUT2D eigenvalue weighted by atomic mass is 19.1. The van der Waals surface area contributed by atoms with Crippen molar-refractivity contribution in [2.75, 3.05) is 46.4 Å². The first-order chi connectivity index (χ1) is 17.9. The minimum Gasteiger partial charge on any atom is -0.492 e. The van der Waals surface area contributed by atoms with E-state index in [1.807, 2.05) is 19.9 Å². The zero-order chi connectivity index (χ0) is 26.6. The lowest BCUT2D eigenvalue weighted by Gasteiger charge is -2.32. The van der Waals surface area contributed by atoms with Crippen molar-refractivity contribution >= 4 is 5.91 Å². The molecule has 198 valence electrons. The van der Waals surface area contributed by atoms with Crippen LogP contribution in [0.5, 0.6) is 5.75 Å². The average molecular weight is 511 g/mol. The lowest BCUT2D eigenvalue weighted by molar-refractivity contribution is -0.120. The van der Waals surface area contributed by atoms with Crippen molar-refractivity contribution in [1.29, 1.82) is 0 Å². The molecule has 0 bridgehead atoms. The summed E-state index contributed by atoms with van der Waals surface area (Å²) in [5, 5.41) is 2.81. The molecule has 0 radical (unpaired) electrons. The highest BCUT2D eigenvalue weighted by Gasteiger charge is 2.13. The Balaban J connectivity index is 0.00000186. The SMILES string of the molecule is CC.CN1CCN(CCOc2cc(F)cc(CNC(=O)Cc3ccc(-c4ccc(F)cc4)cn3)c2)CC1. The molecule has 1 fully saturated rings. The molecule has 1 aromatic heterocycles. The summed E-state index contributed by atoms with van der Waals surface area (Å²) in [6, 6.07) is 14.3. The van der Waals surface area contributed by atoms with E-state index >= 15 is 0 Å². The summed E-state index contributed by atoms with van der Waals surface area (Å²) in [6.07, 6.45) is 1.77. The first-order valence-electron chi connectivity index (χ1n) is 12.8. The monoisotopic (exact) mass is 510 g/mol. The number of piperazine rings is 1. The Morgan fingerprint density at radius 1 is 0.946 bits per heavy atom. The Morgan fingerprint density at radius 2 is 1.65 bits per heavy atom. The van der Waals surface area contributed by atoms with E-state index in [2.05, 4.69) is 27.1 Å². The van der Waals surface area contributed by atoms with Crippen LogP contribution in [0.15, 0.2) is 60.8 Å². The Kier molecular flexibility index (Phi) is 11.0. The lowest BCUT2D eigenvalue weighted by atomic mass is 10.1. The third kappa shape index (κ3) is 9.22. The van der Waals surface area contributed by atoms with Gasteiger partial charge in [-0.2, -0.15) is 0 Å². The van der Waals surface area contributed by atoms with Crippen molar-refractivity contribution < 1.29 is 18.3 Å². The molecule has 0 unspecified atom stereocenters. The normalized spacial score (nSPS) is 14.0. The number of halogens is 2. The largest absolute Gasteiger partial charge is 0.492 e. The second-order valence-electron chi connectivity index (χ2n) is 8.79. The van der Waals surface area contributed by atoms with Gasteiger partial charge in [-0.1, -0.05) is 32.0 Å². The van der Waals surface area contributed by atoms with Gasteiger partial charge >= 0.3 is 0 Å². The molecule has 1 aliphatic heterocycles. The number of carbonyl (C=O) groups excluding carboxylic acids is 1. The van der Waals surface area contributed by atoms with E-state index in [0.717, 1.165) is 43.9 Å². The zero-order valence-corrected chi connectivity index (χ0v) is 21.8. The van der Waals surface area contributed by atoms with Crippen LogP contribution < -0.4 is 10.1 Å². The summed E-state index contributed by atoms with van der Waals surface area (Å²) < 4.78 is 33.0. The number of hydrogen-bond donors (Lipinski definition) is 1. The van der Waals surface area contributed by atoms with E-state index in [9.17, 15) is 13.6 Å². The van der Waals surface area contributed by atoms with Gasteiger partial charge in [0.15, 0.2) is 0 Å². The zero-order valence-electron chi connectivity index (χ0n) is 21.8. The van der Waals surface area contributed by atoms with Crippen LogP contribution in [0.25, 0.3) is 11.1 Å². The predicted octanol–water partition coefficient (Wildman–Crippen LogP) is 4.54. The molecular formula is C29H36F2N4O2. The van der Waals surface area contributed by atoms with Crippen LogP contribution in [0.2, 0.25) is 0 Å². The summed E-state index contributed by atoms with van der Waals surface area (Å²) >= 11 is 0. The summed E-state index contributed by atoms with van der Waals surface area (Å²) in [5.41, 5.74) is 2.93. The lowest BCUT2D eigenvalue weighted by Crippen LogP contribution is -2.45. The maximum Gasteiger partial charge on any atom is 0.226 e. The first kappa shape index (κ1) is 28.2. The maximum absolute atomic E-state index is 14.1. The van der Waals surface area contributed by atoms with Gasteiger partial charge in [0, 0.05) is 62.8 Å². The number of carbonyl (C=O) groups is 1. The molecule has 3 aromatic rings. The van der Waals surface area contributed by atoms with Crippen LogP contribution in [0, 0.1) is 11.6 Å². The van der Waals surface area contributed by atoms with Crippen molar-refractivity contribution in [3.05, 3.63) is 83.7 Å². The van der Waals surface area contributed by atoms with E-state index in [4.69, 9.17) is 4.74 Å². The molecule has 37 heavy (non-hydrogen) atoms. The van der Waals surface area contributed by atoms with Gasteiger partial charge in [0.2, 0.25) is 5.91 Å². The number of nitrogens with zero attached hydrogens (tertiary/aromatic N) is 3. The van der Waals surface area contributed by atoms with Gasteiger partial charge in [0.05, 0.1) is 6.42 Å². The highest BCUT2D eigenvalue weighted by molar-refractivity contribution is 5.78. The van der Waals surface area contributed by atoms with Crippen molar-refractivity contribution in [1.82, 2.24) is 20.1 Å². The van der Waals surface area contributed by atoms with E-state index in [0.29, 0.717) is 23.6 Å². The molecular weight excluding hydrogens is 474 g/mol. The van der Waals surface area contributed by atoms with Gasteiger partial charge in [-0.3, -0.25) is 14.7 Å². The summed E-state index contributed by atoms with van der Waals surface area (Å²) in [6.45, 7) is 9.56.